The van der Waals surface area contributed by atoms with Gasteiger partial charge in [-0.15, -0.1) is 0 Å². The summed E-state index contributed by atoms with van der Waals surface area (Å²) in [5, 5.41) is 3.50. The van der Waals surface area contributed by atoms with Crippen LogP contribution >= 0.6 is 11.6 Å². The lowest BCUT2D eigenvalue weighted by Gasteiger charge is -2.04. The van der Waals surface area contributed by atoms with Crippen molar-refractivity contribution in [3.63, 3.8) is 0 Å². The highest BCUT2D eigenvalue weighted by atomic mass is 35.5. The Morgan fingerprint density at radius 3 is 2.43 bits per heavy atom. The molecule has 2 unspecified atom stereocenters. The van der Waals surface area contributed by atoms with Gasteiger partial charge in [0.25, 0.3) is 0 Å². The van der Waals surface area contributed by atoms with Crippen molar-refractivity contribution in [1.82, 2.24) is 0 Å². The van der Waals surface area contributed by atoms with Crippen molar-refractivity contribution in [3.8, 4) is 0 Å². The van der Waals surface area contributed by atoms with Crippen molar-refractivity contribution >= 4 is 22.4 Å². The fraction of sp³-hybridized carbons (Fsp3) is 0.200. The van der Waals surface area contributed by atoms with Crippen molar-refractivity contribution in [2.24, 2.45) is 5.92 Å². The summed E-state index contributed by atoms with van der Waals surface area (Å²) in [5.41, 5.74) is 2.89. The number of rotatable bonds is 3. The van der Waals surface area contributed by atoms with Gasteiger partial charge < -0.3 is 0 Å². The van der Waals surface area contributed by atoms with E-state index in [0.29, 0.717) is 5.92 Å². The lowest BCUT2D eigenvalue weighted by Crippen LogP contribution is -1.90. The number of hydrogen-bond donors (Lipinski definition) is 0. The largest absolute Gasteiger partial charge is 0.0843 e. The zero-order chi connectivity index (χ0) is 14.2. The van der Waals surface area contributed by atoms with Crippen LogP contribution in [0.1, 0.15) is 23.5 Å². The maximum atomic E-state index is 5.96. The van der Waals surface area contributed by atoms with Gasteiger partial charge in [0.2, 0.25) is 0 Å². The van der Waals surface area contributed by atoms with Crippen LogP contribution in [-0.4, -0.2) is 0 Å². The molecule has 0 N–H and O–H groups in total. The van der Waals surface area contributed by atoms with Crippen LogP contribution in [0.25, 0.3) is 10.8 Å². The first kappa shape index (κ1) is 12.9. The molecule has 4 rings (SSSR count). The minimum atomic E-state index is 0.716. The van der Waals surface area contributed by atoms with Gasteiger partial charge in [0.1, 0.15) is 0 Å². The summed E-state index contributed by atoms with van der Waals surface area (Å²) in [7, 11) is 0. The SMILES string of the molecule is Clc1ccc(C2CC2Cc2ccc3ccccc3c2)cc1. The minimum absolute atomic E-state index is 0.716. The predicted octanol–water partition coefficient (Wildman–Crippen LogP) is 5.84. The average Bonchev–Trinajstić information content (AvgIpc) is 3.27. The Labute approximate surface area is 130 Å². The van der Waals surface area contributed by atoms with E-state index in [0.717, 1.165) is 10.9 Å². The molecule has 0 saturated heterocycles. The summed E-state index contributed by atoms with van der Waals surface area (Å²) in [6.07, 6.45) is 2.48. The molecule has 0 radical (unpaired) electrons. The van der Waals surface area contributed by atoms with Crippen LogP contribution in [0.4, 0.5) is 0 Å². The van der Waals surface area contributed by atoms with Crippen molar-refractivity contribution in [3.05, 3.63) is 82.9 Å². The molecule has 0 nitrogen and oxygen atoms in total. The van der Waals surface area contributed by atoms with Gasteiger partial charge in [0.15, 0.2) is 0 Å². The van der Waals surface area contributed by atoms with Crippen LogP contribution in [0.5, 0.6) is 0 Å². The lowest BCUT2D eigenvalue weighted by atomic mass is 10.0. The second-order valence-corrected chi connectivity index (χ2v) is 6.48. The molecule has 1 fully saturated rings. The molecule has 1 heteroatoms. The van der Waals surface area contributed by atoms with E-state index in [-0.39, 0.29) is 0 Å². The van der Waals surface area contributed by atoms with Gasteiger partial charge in [-0.05, 0) is 58.7 Å². The first-order valence-electron chi connectivity index (χ1n) is 7.53. The summed E-state index contributed by atoms with van der Waals surface area (Å²) in [5.74, 6) is 1.50. The van der Waals surface area contributed by atoms with Gasteiger partial charge in [-0.2, -0.15) is 0 Å². The van der Waals surface area contributed by atoms with E-state index in [1.54, 1.807) is 0 Å². The molecule has 21 heavy (non-hydrogen) atoms. The molecule has 0 bridgehead atoms. The van der Waals surface area contributed by atoms with Gasteiger partial charge in [-0.3, -0.25) is 0 Å². The fourth-order valence-electron chi connectivity index (χ4n) is 3.26. The van der Waals surface area contributed by atoms with Crippen LogP contribution < -0.4 is 0 Å². The minimum Gasteiger partial charge on any atom is -0.0843 e. The highest BCUT2D eigenvalue weighted by Crippen LogP contribution is 2.49. The number of fused-ring (bicyclic) bond motifs is 1. The van der Waals surface area contributed by atoms with E-state index < -0.39 is 0 Å². The van der Waals surface area contributed by atoms with Crippen LogP contribution in [0, 0.1) is 5.92 Å². The number of benzene rings is 3. The molecule has 2 atom stereocenters. The van der Waals surface area contributed by atoms with Gasteiger partial charge in [0.05, 0.1) is 0 Å². The van der Waals surface area contributed by atoms with Crippen molar-refractivity contribution in [1.29, 1.82) is 0 Å². The van der Waals surface area contributed by atoms with E-state index in [9.17, 15) is 0 Å². The second kappa shape index (κ2) is 5.20. The topological polar surface area (TPSA) is 0 Å². The molecule has 0 spiro atoms. The summed E-state index contributed by atoms with van der Waals surface area (Å²) >= 11 is 5.96. The van der Waals surface area contributed by atoms with E-state index in [2.05, 4.69) is 54.6 Å². The number of hydrogen-bond acceptors (Lipinski definition) is 0. The third kappa shape index (κ3) is 2.69. The highest BCUT2D eigenvalue weighted by Gasteiger charge is 2.37. The molecule has 3 aromatic carbocycles. The van der Waals surface area contributed by atoms with E-state index in [1.807, 2.05) is 12.1 Å². The molecule has 104 valence electrons. The summed E-state index contributed by atoms with van der Waals surface area (Å²) in [6.45, 7) is 0. The molecule has 1 aliphatic rings. The molecular weight excluding hydrogens is 276 g/mol. The average molecular weight is 293 g/mol. The van der Waals surface area contributed by atoms with Crippen molar-refractivity contribution in [2.45, 2.75) is 18.8 Å². The van der Waals surface area contributed by atoms with Crippen molar-refractivity contribution in [2.75, 3.05) is 0 Å². The monoisotopic (exact) mass is 292 g/mol. The molecule has 3 aromatic rings. The first-order valence-corrected chi connectivity index (χ1v) is 7.90. The third-order valence-electron chi connectivity index (χ3n) is 4.53. The number of halogens is 1. The molecule has 1 saturated carbocycles. The maximum absolute atomic E-state index is 5.96. The Morgan fingerprint density at radius 2 is 1.62 bits per heavy atom. The van der Waals surface area contributed by atoms with Crippen molar-refractivity contribution < 1.29 is 0 Å². The molecule has 1 aliphatic carbocycles. The normalized spacial score (nSPS) is 20.6. The second-order valence-electron chi connectivity index (χ2n) is 6.04. The van der Waals surface area contributed by atoms with E-state index in [1.165, 1.54) is 34.7 Å². The summed E-state index contributed by atoms with van der Waals surface area (Å²) in [6, 6.07) is 23.8. The smallest absolute Gasteiger partial charge is 0.0406 e. The summed E-state index contributed by atoms with van der Waals surface area (Å²) < 4.78 is 0. The van der Waals surface area contributed by atoms with Crippen LogP contribution in [0.2, 0.25) is 5.02 Å². The van der Waals surface area contributed by atoms with Crippen LogP contribution in [0.15, 0.2) is 66.7 Å². The molecule has 0 aromatic heterocycles. The summed E-state index contributed by atoms with van der Waals surface area (Å²) in [4.78, 5) is 0. The van der Waals surface area contributed by atoms with E-state index in [4.69, 9.17) is 11.6 Å². The quantitative estimate of drug-likeness (QED) is 0.569. The highest BCUT2D eigenvalue weighted by molar-refractivity contribution is 6.30. The third-order valence-corrected chi connectivity index (χ3v) is 4.78. The molecular formula is C20H17Cl. The van der Waals surface area contributed by atoms with Gasteiger partial charge >= 0.3 is 0 Å². The zero-order valence-corrected chi connectivity index (χ0v) is 12.6. The molecule has 0 aliphatic heterocycles. The van der Waals surface area contributed by atoms with Crippen LogP contribution in [0.3, 0.4) is 0 Å². The van der Waals surface area contributed by atoms with Gasteiger partial charge in [-0.25, -0.2) is 0 Å². The Morgan fingerprint density at radius 1 is 0.857 bits per heavy atom. The van der Waals surface area contributed by atoms with Gasteiger partial charge in [-0.1, -0.05) is 66.2 Å². The van der Waals surface area contributed by atoms with E-state index >= 15 is 0 Å². The Balaban J connectivity index is 1.50. The van der Waals surface area contributed by atoms with Gasteiger partial charge in [0, 0.05) is 5.02 Å². The standard InChI is InChI=1S/C20H17Cl/c21-19-9-7-16(8-10-19)20-13-18(20)12-14-5-6-15-3-1-2-4-17(15)11-14/h1-11,18,20H,12-13H2. The zero-order valence-electron chi connectivity index (χ0n) is 11.8. The Kier molecular flexibility index (Phi) is 3.20. The lowest BCUT2D eigenvalue weighted by molar-refractivity contribution is 0.796. The molecule has 0 amide bonds. The fourth-order valence-corrected chi connectivity index (χ4v) is 3.39. The first-order chi connectivity index (χ1) is 10.3. The maximum Gasteiger partial charge on any atom is 0.0406 e. The Hall–Kier alpha value is -1.79. The Bertz CT molecular complexity index is 773. The molecule has 0 heterocycles. The predicted molar refractivity (Wildman–Crippen MR) is 90.0 cm³/mol. The van der Waals surface area contributed by atoms with Crippen LogP contribution in [-0.2, 0) is 6.42 Å².